The summed E-state index contributed by atoms with van der Waals surface area (Å²) in [6, 6.07) is 4.31. The minimum atomic E-state index is -3.59. The van der Waals surface area contributed by atoms with E-state index in [-0.39, 0.29) is 4.90 Å². The third-order valence-corrected chi connectivity index (χ3v) is 7.15. The molecule has 0 spiro atoms. The molecule has 0 unspecified atom stereocenters. The zero-order valence-corrected chi connectivity index (χ0v) is 13.9. The molecule has 0 atom stereocenters. The first-order valence-corrected chi connectivity index (χ1v) is 8.01. The second-order valence-corrected chi connectivity index (χ2v) is 9.67. The van der Waals surface area contributed by atoms with Gasteiger partial charge in [-0.15, -0.1) is 0 Å². The van der Waals surface area contributed by atoms with Crippen LogP contribution in [0.5, 0.6) is 0 Å². The quantitative estimate of drug-likeness (QED) is 0.842. The maximum absolute atomic E-state index is 12.6. The zero-order chi connectivity index (χ0) is 14.4. The van der Waals surface area contributed by atoms with Crippen molar-refractivity contribution in [3.8, 4) is 0 Å². The van der Waals surface area contributed by atoms with E-state index in [1.165, 1.54) is 18.2 Å². The highest BCUT2D eigenvalue weighted by atomic mass is 35.5. The SMILES string of the molecule is CC(C)(S)C(C)(C)S(=O)(=O)c1cc(Cl)cc(Cl)c1. The predicted octanol–water partition coefficient (Wildman–Crippen LogP) is 4.25. The van der Waals surface area contributed by atoms with Crippen molar-refractivity contribution in [2.75, 3.05) is 0 Å². The lowest BCUT2D eigenvalue weighted by atomic mass is 9.98. The van der Waals surface area contributed by atoms with Gasteiger partial charge < -0.3 is 0 Å². The lowest BCUT2D eigenvalue weighted by molar-refractivity contribution is 0.488. The number of thiol groups is 1. The maximum Gasteiger partial charge on any atom is 0.184 e. The molecule has 0 aromatic heterocycles. The van der Waals surface area contributed by atoms with Crippen molar-refractivity contribution >= 4 is 45.7 Å². The smallest absolute Gasteiger partial charge is 0.184 e. The third-order valence-electron chi connectivity index (χ3n) is 3.29. The minimum absolute atomic E-state index is 0.118. The highest BCUT2D eigenvalue weighted by Gasteiger charge is 2.46. The van der Waals surface area contributed by atoms with E-state index < -0.39 is 19.3 Å². The molecule has 0 amide bonds. The largest absolute Gasteiger partial charge is 0.223 e. The number of halogens is 2. The summed E-state index contributed by atoms with van der Waals surface area (Å²) in [6.45, 7) is 6.81. The highest BCUT2D eigenvalue weighted by Crippen LogP contribution is 2.39. The van der Waals surface area contributed by atoms with Crippen LogP contribution in [-0.2, 0) is 9.84 Å². The summed E-state index contributed by atoms with van der Waals surface area (Å²) < 4.78 is 23.5. The molecule has 6 heteroatoms. The van der Waals surface area contributed by atoms with Crippen LogP contribution in [0.3, 0.4) is 0 Å². The van der Waals surface area contributed by atoms with Crippen molar-refractivity contribution < 1.29 is 8.42 Å². The first-order valence-electron chi connectivity index (χ1n) is 5.33. The van der Waals surface area contributed by atoms with E-state index in [0.717, 1.165) is 0 Å². The fourth-order valence-corrected chi connectivity index (χ4v) is 4.13. The summed E-state index contributed by atoms with van der Waals surface area (Å²) in [4.78, 5) is 0.118. The van der Waals surface area contributed by atoms with E-state index in [4.69, 9.17) is 23.2 Å². The van der Waals surface area contributed by atoms with Gasteiger partial charge in [-0.25, -0.2) is 8.42 Å². The molecule has 1 rings (SSSR count). The second-order valence-electron chi connectivity index (χ2n) is 5.18. The van der Waals surface area contributed by atoms with Crippen LogP contribution < -0.4 is 0 Å². The molecule has 1 aromatic rings. The van der Waals surface area contributed by atoms with Crippen LogP contribution in [0.4, 0.5) is 0 Å². The lowest BCUT2D eigenvalue weighted by Gasteiger charge is -2.37. The van der Waals surface area contributed by atoms with Gasteiger partial charge in [-0.1, -0.05) is 23.2 Å². The van der Waals surface area contributed by atoms with Crippen LogP contribution in [0, 0.1) is 0 Å². The van der Waals surface area contributed by atoms with Crippen molar-refractivity contribution in [1.29, 1.82) is 0 Å². The van der Waals surface area contributed by atoms with Gasteiger partial charge in [-0.2, -0.15) is 12.6 Å². The first-order chi connectivity index (χ1) is 7.89. The Kier molecular flexibility index (Phi) is 4.39. The van der Waals surface area contributed by atoms with E-state index in [0.29, 0.717) is 10.0 Å². The Morgan fingerprint density at radius 1 is 1.00 bits per heavy atom. The molecule has 0 radical (unpaired) electrons. The molecule has 0 bridgehead atoms. The summed E-state index contributed by atoms with van der Waals surface area (Å²) in [6.07, 6.45) is 0. The fourth-order valence-electron chi connectivity index (χ4n) is 1.31. The number of hydrogen-bond donors (Lipinski definition) is 1. The molecule has 18 heavy (non-hydrogen) atoms. The molecule has 0 aliphatic carbocycles. The van der Waals surface area contributed by atoms with Gasteiger partial charge in [-0.05, 0) is 45.9 Å². The van der Waals surface area contributed by atoms with Gasteiger partial charge >= 0.3 is 0 Å². The van der Waals surface area contributed by atoms with Gasteiger partial charge in [0, 0.05) is 14.8 Å². The van der Waals surface area contributed by atoms with Gasteiger partial charge in [0.15, 0.2) is 9.84 Å². The van der Waals surface area contributed by atoms with E-state index in [2.05, 4.69) is 12.6 Å². The Hall–Kier alpha value is 0.1000. The van der Waals surface area contributed by atoms with Crippen molar-refractivity contribution in [2.45, 2.75) is 42.1 Å². The van der Waals surface area contributed by atoms with Gasteiger partial charge in [-0.3, -0.25) is 0 Å². The topological polar surface area (TPSA) is 34.1 Å². The molecule has 0 aliphatic rings. The summed E-state index contributed by atoms with van der Waals surface area (Å²) >= 11 is 16.1. The van der Waals surface area contributed by atoms with E-state index in [1.807, 2.05) is 0 Å². The first kappa shape index (κ1) is 16.2. The van der Waals surface area contributed by atoms with Gasteiger partial charge in [0.05, 0.1) is 9.64 Å². The van der Waals surface area contributed by atoms with Crippen LogP contribution >= 0.6 is 35.8 Å². The van der Waals surface area contributed by atoms with Crippen LogP contribution in [0.25, 0.3) is 0 Å². The predicted molar refractivity (Wildman–Crippen MR) is 80.8 cm³/mol. The van der Waals surface area contributed by atoms with Gasteiger partial charge in [0.1, 0.15) is 0 Å². The van der Waals surface area contributed by atoms with E-state index in [9.17, 15) is 8.42 Å². The molecular weight excluding hydrogens is 311 g/mol. The van der Waals surface area contributed by atoms with Crippen molar-refractivity contribution in [1.82, 2.24) is 0 Å². The van der Waals surface area contributed by atoms with Crippen LogP contribution in [0.1, 0.15) is 27.7 Å². The molecule has 2 nitrogen and oxygen atoms in total. The lowest BCUT2D eigenvalue weighted by Crippen LogP contribution is -2.47. The molecule has 0 saturated carbocycles. The summed E-state index contributed by atoms with van der Waals surface area (Å²) in [5, 5.41) is 0.600. The number of sulfone groups is 1. The summed E-state index contributed by atoms with van der Waals surface area (Å²) in [5.74, 6) is 0. The molecule has 0 aliphatic heterocycles. The molecule has 0 heterocycles. The monoisotopic (exact) mass is 326 g/mol. The number of rotatable bonds is 3. The second kappa shape index (κ2) is 4.89. The van der Waals surface area contributed by atoms with Crippen molar-refractivity contribution in [3.05, 3.63) is 28.2 Å². The number of hydrogen-bond acceptors (Lipinski definition) is 3. The van der Waals surface area contributed by atoms with Crippen LogP contribution in [-0.4, -0.2) is 17.9 Å². The Balaban J connectivity index is 3.48. The van der Waals surface area contributed by atoms with E-state index >= 15 is 0 Å². The Morgan fingerprint density at radius 3 is 1.72 bits per heavy atom. The Morgan fingerprint density at radius 2 is 1.39 bits per heavy atom. The Bertz CT molecular complexity index is 538. The average Bonchev–Trinajstić information content (AvgIpc) is 2.13. The van der Waals surface area contributed by atoms with Crippen molar-refractivity contribution in [3.63, 3.8) is 0 Å². The van der Waals surface area contributed by atoms with Crippen LogP contribution in [0.15, 0.2) is 23.1 Å². The average molecular weight is 327 g/mol. The fraction of sp³-hybridized carbons (Fsp3) is 0.500. The Labute approximate surface area is 124 Å². The summed E-state index contributed by atoms with van der Waals surface area (Å²) in [5.41, 5.74) is 0. The molecule has 1 aromatic carbocycles. The normalized spacial score (nSPS) is 13.7. The standard InChI is InChI=1S/C12H16Cl2O2S2/c1-11(2,17)12(3,4)18(15,16)10-6-8(13)5-9(14)7-10/h5-7,17H,1-4H3. The molecular formula is C12H16Cl2O2S2. The van der Waals surface area contributed by atoms with Crippen LogP contribution in [0.2, 0.25) is 10.0 Å². The summed E-state index contributed by atoms with van der Waals surface area (Å²) in [7, 11) is -3.59. The molecule has 102 valence electrons. The highest BCUT2D eigenvalue weighted by molar-refractivity contribution is 7.94. The molecule has 0 saturated heterocycles. The minimum Gasteiger partial charge on any atom is -0.223 e. The van der Waals surface area contributed by atoms with E-state index in [1.54, 1.807) is 27.7 Å². The molecule has 0 N–H and O–H groups in total. The van der Waals surface area contributed by atoms with Gasteiger partial charge in [0.25, 0.3) is 0 Å². The van der Waals surface area contributed by atoms with Gasteiger partial charge in [0.2, 0.25) is 0 Å². The maximum atomic E-state index is 12.6. The molecule has 0 fully saturated rings. The third kappa shape index (κ3) is 2.82. The zero-order valence-electron chi connectivity index (χ0n) is 10.7. The number of benzene rings is 1. The van der Waals surface area contributed by atoms with Crippen molar-refractivity contribution in [2.24, 2.45) is 0 Å².